The normalized spacial score (nSPS) is 14.5. The molecular formula is C20H21N3O5. The SMILES string of the molecule is Cn1cccc(C(=O)Nc2ccc(C(=O)N3CCC(C(=O)O)CC3)cc2)c1=O. The molecule has 3 rings (SSSR count). The average molecular weight is 383 g/mol. The number of amides is 2. The van der Waals surface area contributed by atoms with Gasteiger partial charge in [-0.1, -0.05) is 0 Å². The number of nitrogens with one attached hydrogen (secondary N) is 1. The van der Waals surface area contributed by atoms with E-state index in [-0.39, 0.29) is 11.5 Å². The zero-order chi connectivity index (χ0) is 20.3. The maximum Gasteiger partial charge on any atom is 0.306 e. The van der Waals surface area contributed by atoms with Crippen molar-refractivity contribution in [1.82, 2.24) is 9.47 Å². The van der Waals surface area contributed by atoms with Gasteiger partial charge in [-0.3, -0.25) is 19.2 Å². The Bertz CT molecular complexity index is 957. The highest BCUT2D eigenvalue weighted by Crippen LogP contribution is 2.20. The second-order valence-electron chi connectivity index (χ2n) is 6.77. The molecule has 0 aliphatic carbocycles. The second-order valence-corrected chi connectivity index (χ2v) is 6.77. The molecule has 2 amide bonds. The van der Waals surface area contributed by atoms with Crippen LogP contribution in [0, 0.1) is 5.92 Å². The Labute approximate surface area is 161 Å². The van der Waals surface area contributed by atoms with Gasteiger partial charge in [-0.15, -0.1) is 0 Å². The van der Waals surface area contributed by atoms with Crippen molar-refractivity contribution in [3.63, 3.8) is 0 Å². The van der Waals surface area contributed by atoms with Crippen LogP contribution in [0.1, 0.15) is 33.6 Å². The zero-order valence-corrected chi connectivity index (χ0v) is 15.4. The van der Waals surface area contributed by atoms with E-state index in [2.05, 4.69) is 5.32 Å². The van der Waals surface area contributed by atoms with Gasteiger partial charge in [0.25, 0.3) is 17.4 Å². The summed E-state index contributed by atoms with van der Waals surface area (Å²) in [6, 6.07) is 9.47. The molecule has 28 heavy (non-hydrogen) atoms. The predicted molar refractivity (Wildman–Crippen MR) is 102 cm³/mol. The molecule has 8 heteroatoms. The van der Waals surface area contributed by atoms with E-state index in [0.717, 1.165) is 0 Å². The van der Waals surface area contributed by atoms with Crippen molar-refractivity contribution >= 4 is 23.5 Å². The van der Waals surface area contributed by atoms with Gasteiger partial charge in [0, 0.05) is 37.6 Å². The number of rotatable bonds is 4. The lowest BCUT2D eigenvalue weighted by Crippen LogP contribution is -2.40. The Morgan fingerprint density at radius 2 is 1.71 bits per heavy atom. The van der Waals surface area contributed by atoms with E-state index in [1.165, 1.54) is 10.6 Å². The molecule has 146 valence electrons. The van der Waals surface area contributed by atoms with Gasteiger partial charge in [-0.2, -0.15) is 0 Å². The number of hydrogen-bond acceptors (Lipinski definition) is 4. The first-order valence-corrected chi connectivity index (χ1v) is 8.96. The standard InChI is InChI=1S/C20H21N3O5/c1-22-10-2-3-16(19(22)26)17(24)21-15-6-4-13(5-7-15)18(25)23-11-8-14(9-12-23)20(27)28/h2-7,10,14H,8-9,11-12H2,1H3,(H,21,24)(H,27,28). The third kappa shape index (κ3) is 4.11. The summed E-state index contributed by atoms with van der Waals surface area (Å²) in [5, 5.41) is 11.7. The molecular weight excluding hydrogens is 362 g/mol. The van der Waals surface area contributed by atoms with Crippen LogP contribution in [0.3, 0.4) is 0 Å². The minimum atomic E-state index is -0.819. The minimum absolute atomic E-state index is 0.0338. The monoisotopic (exact) mass is 383 g/mol. The van der Waals surface area contributed by atoms with Gasteiger partial charge in [0.15, 0.2) is 0 Å². The maximum absolute atomic E-state index is 12.6. The van der Waals surface area contributed by atoms with Crippen LogP contribution in [0.15, 0.2) is 47.4 Å². The first-order chi connectivity index (χ1) is 13.4. The molecule has 1 fully saturated rings. The molecule has 0 radical (unpaired) electrons. The number of aryl methyl sites for hydroxylation is 1. The van der Waals surface area contributed by atoms with Crippen LogP contribution in [0.25, 0.3) is 0 Å². The molecule has 1 saturated heterocycles. The highest BCUT2D eigenvalue weighted by molar-refractivity contribution is 6.04. The predicted octanol–water partition coefficient (Wildman–Crippen LogP) is 1.57. The first kappa shape index (κ1) is 19.3. The van der Waals surface area contributed by atoms with Crippen LogP contribution in [0.2, 0.25) is 0 Å². The van der Waals surface area contributed by atoms with Crippen LogP contribution >= 0.6 is 0 Å². The largest absolute Gasteiger partial charge is 0.481 e. The smallest absolute Gasteiger partial charge is 0.306 e. The van der Waals surface area contributed by atoms with Gasteiger partial charge in [0.05, 0.1) is 5.92 Å². The van der Waals surface area contributed by atoms with Gasteiger partial charge in [-0.05, 0) is 49.2 Å². The first-order valence-electron chi connectivity index (χ1n) is 8.96. The summed E-state index contributed by atoms with van der Waals surface area (Å²) < 4.78 is 1.32. The number of aromatic nitrogens is 1. The van der Waals surface area contributed by atoms with E-state index in [9.17, 15) is 19.2 Å². The number of nitrogens with zero attached hydrogens (tertiary/aromatic N) is 2. The van der Waals surface area contributed by atoms with Crippen LogP contribution in [0.4, 0.5) is 5.69 Å². The van der Waals surface area contributed by atoms with E-state index in [1.807, 2.05) is 0 Å². The van der Waals surface area contributed by atoms with Crippen molar-refractivity contribution in [2.24, 2.45) is 13.0 Å². The van der Waals surface area contributed by atoms with Crippen molar-refractivity contribution < 1.29 is 19.5 Å². The van der Waals surface area contributed by atoms with Gasteiger partial charge >= 0.3 is 5.97 Å². The van der Waals surface area contributed by atoms with E-state index in [1.54, 1.807) is 48.5 Å². The molecule has 1 aromatic heterocycles. The summed E-state index contributed by atoms with van der Waals surface area (Å²) in [6.45, 7) is 0.817. The van der Waals surface area contributed by atoms with Crippen molar-refractivity contribution in [3.05, 3.63) is 64.1 Å². The van der Waals surface area contributed by atoms with Gasteiger partial charge in [0.2, 0.25) is 0 Å². The Morgan fingerprint density at radius 3 is 2.32 bits per heavy atom. The van der Waals surface area contributed by atoms with E-state index < -0.39 is 23.4 Å². The lowest BCUT2D eigenvalue weighted by Gasteiger charge is -2.30. The van der Waals surface area contributed by atoms with Crippen molar-refractivity contribution in [1.29, 1.82) is 0 Å². The second kappa shape index (κ2) is 8.08. The molecule has 2 N–H and O–H groups in total. The maximum atomic E-state index is 12.6. The summed E-state index contributed by atoms with van der Waals surface area (Å²) in [4.78, 5) is 49.5. The topological polar surface area (TPSA) is 109 Å². The Kier molecular flexibility index (Phi) is 5.58. The van der Waals surface area contributed by atoms with Gasteiger partial charge < -0.3 is 19.9 Å². The third-order valence-corrected chi connectivity index (χ3v) is 4.89. The van der Waals surface area contributed by atoms with E-state index in [0.29, 0.717) is 37.2 Å². The number of likely N-dealkylation sites (tertiary alicyclic amines) is 1. The summed E-state index contributed by atoms with van der Waals surface area (Å²) >= 11 is 0. The zero-order valence-electron chi connectivity index (χ0n) is 15.4. The highest BCUT2D eigenvalue weighted by atomic mass is 16.4. The number of pyridine rings is 1. The number of anilines is 1. The number of carbonyl (C=O) groups excluding carboxylic acids is 2. The fourth-order valence-corrected chi connectivity index (χ4v) is 3.18. The molecule has 0 atom stereocenters. The van der Waals surface area contributed by atoms with Crippen molar-refractivity contribution in [3.8, 4) is 0 Å². The average Bonchev–Trinajstić information content (AvgIpc) is 2.70. The quantitative estimate of drug-likeness (QED) is 0.833. The number of carboxylic acids is 1. The number of piperidine rings is 1. The van der Waals surface area contributed by atoms with Crippen LogP contribution in [0.5, 0.6) is 0 Å². The van der Waals surface area contributed by atoms with Crippen LogP contribution in [-0.2, 0) is 11.8 Å². The van der Waals surface area contributed by atoms with E-state index >= 15 is 0 Å². The number of benzene rings is 1. The Balaban J connectivity index is 1.64. The van der Waals surface area contributed by atoms with Crippen LogP contribution < -0.4 is 10.9 Å². The molecule has 0 bridgehead atoms. The Hall–Kier alpha value is -3.42. The molecule has 1 aliphatic rings. The van der Waals surface area contributed by atoms with Gasteiger partial charge in [0.1, 0.15) is 5.56 Å². The molecule has 1 aliphatic heterocycles. The van der Waals surface area contributed by atoms with Crippen molar-refractivity contribution in [2.45, 2.75) is 12.8 Å². The lowest BCUT2D eigenvalue weighted by atomic mass is 9.96. The summed E-state index contributed by atoms with van der Waals surface area (Å²) in [5.74, 6) is -1.90. The molecule has 0 saturated carbocycles. The molecule has 2 aromatic rings. The fraction of sp³-hybridized carbons (Fsp3) is 0.300. The third-order valence-electron chi connectivity index (χ3n) is 4.89. The van der Waals surface area contributed by atoms with Crippen molar-refractivity contribution in [2.75, 3.05) is 18.4 Å². The highest BCUT2D eigenvalue weighted by Gasteiger charge is 2.27. The molecule has 2 heterocycles. The number of hydrogen-bond donors (Lipinski definition) is 2. The molecule has 0 unspecified atom stereocenters. The summed E-state index contributed by atoms with van der Waals surface area (Å²) in [7, 11) is 1.57. The van der Waals surface area contributed by atoms with E-state index in [4.69, 9.17) is 5.11 Å². The number of aliphatic carboxylic acids is 1. The summed E-state index contributed by atoms with van der Waals surface area (Å²) in [6.07, 6.45) is 2.46. The molecule has 0 spiro atoms. The van der Waals surface area contributed by atoms with Gasteiger partial charge in [-0.25, -0.2) is 0 Å². The fourth-order valence-electron chi connectivity index (χ4n) is 3.18. The number of carboxylic acid groups (broad SMARTS) is 1. The minimum Gasteiger partial charge on any atom is -0.481 e. The lowest BCUT2D eigenvalue weighted by molar-refractivity contribution is -0.143. The van der Waals surface area contributed by atoms with Crippen LogP contribution in [-0.4, -0.2) is 45.4 Å². The Morgan fingerprint density at radius 1 is 1.07 bits per heavy atom. The molecule has 8 nitrogen and oxygen atoms in total. The number of carbonyl (C=O) groups is 3. The molecule has 1 aromatic carbocycles. The summed E-state index contributed by atoms with van der Waals surface area (Å²) in [5.41, 5.74) is 0.572.